The molecule has 1 aliphatic heterocycles. The van der Waals surface area contributed by atoms with Gasteiger partial charge in [-0.25, -0.2) is 0 Å². The average Bonchev–Trinajstić information content (AvgIpc) is 3.56. The van der Waals surface area contributed by atoms with Crippen molar-refractivity contribution in [3.63, 3.8) is 0 Å². The maximum absolute atomic E-state index is 13.4. The van der Waals surface area contributed by atoms with Crippen molar-refractivity contribution >= 4 is 34.5 Å². The normalized spacial score (nSPS) is 15.1. The van der Waals surface area contributed by atoms with Crippen molar-refractivity contribution in [1.29, 1.82) is 0 Å². The Morgan fingerprint density at radius 2 is 1.97 bits per heavy atom. The minimum absolute atomic E-state index is 0.0732. The van der Waals surface area contributed by atoms with Gasteiger partial charge in [-0.05, 0) is 65.9 Å². The zero-order chi connectivity index (χ0) is 25.3. The van der Waals surface area contributed by atoms with E-state index in [0.717, 1.165) is 23.4 Å². The Bertz CT molecular complexity index is 1140. The van der Waals surface area contributed by atoms with E-state index in [2.05, 4.69) is 21.3 Å². The Labute approximate surface area is 216 Å². The molecule has 2 atom stereocenters. The van der Waals surface area contributed by atoms with Crippen LogP contribution in [-0.2, 0) is 17.8 Å². The topological polar surface area (TPSA) is 93.7 Å². The fraction of sp³-hybridized carbons (Fsp3) is 0.357. The summed E-state index contributed by atoms with van der Waals surface area (Å²) in [5.74, 6) is -0.204. The Hall–Kier alpha value is -3.20. The predicted molar refractivity (Wildman–Crippen MR) is 146 cm³/mol. The highest BCUT2D eigenvalue weighted by Gasteiger charge is 2.25. The van der Waals surface area contributed by atoms with E-state index in [1.165, 1.54) is 5.56 Å². The van der Waals surface area contributed by atoms with Gasteiger partial charge in [0.15, 0.2) is 0 Å². The molecule has 2 heterocycles. The molecule has 2 aromatic carbocycles. The van der Waals surface area contributed by atoms with Gasteiger partial charge < -0.3 is 26.0 Å². The summed E-state index contributed by atoms with van der Waals surface area (Å²) in [6, 6.07) is 16.9. The molecule has 0 spiro atoms. The lowest BCUT2D eigenvalue weighted by atomic mass is 10.00. The number of thiophene rings is 1. The largest absolute Gasteiger partial charge is 0.390 e. The molecule has 2 amide bonds. The number of carbonyl (C=O) groups is 2. The number of aliphatic hydroxyl groups excluding tert-OH is 1. The lowest BCUT2D eigenvalue weighted by Gasteiger charge is -2.25. The molecule has 8 heteroatoms. The number of hydrogen-bond donors (Lipinski definition) is 4. The number of anilines is 2. The first-order valence-corrected chi connectivity index (χ1v) is 13.4. The molecule has 1 aliphatic rings. The van der Waals surface area contributed by atoms with Crippen LogP contribution in [0, 0.1) is 0 Å². The summed E-state index contributed by atoms with van der Waals surface area (Å²) in [5, 5.41) is 24.8. The van der Waals surface area contributed by atoms with E-state index in [1.807, 2.05) is 54.8 Å². The monoisotopic (exact) mass is 506 g/mol. The van der Waals surface area contributed by atoms with Gasteiger partial charge in [-0.3, -0.25) is 9.59 Å². The number of aliphatic hydroxyl groups is 1. The standard InChI is InChI=1S/C28H34N4O3S/c1-2-30-23-14-22(15-24(16-23)32-11-6-9-27(32)34)28(35)31-25(13-20-7-4-3-5-8-20)26(33)18-29-17-21-10-12-36-19-21/h3-5,7-8,10,12,14-16,19,25-26,29-30,33H,2,6,9,11,13,17-18H2,1H3,(H,31,35)/t25-,26+/m0/s1. The molecule has 1 saturated heterocycles. The van der Waals surface area contributed by atoms with Crippen LogP contribution in [0.5, 0.6) is 0 Å². The van der Waals surface area contributed by atoms with Crippen LogP contribution in [0.1, 0.15) is 41.3 Å². The molecule has 0 radical (unpaired) electrons. The number of amides is 2. The summed E-state index contributed by atoms with van der Waals surface area (Å²) in [4.78, 5) is 27.5. The minimum Gasteiger partial charge on any atom is -0.390 e. The summed E-state index contributed by atoms with van der Waals surface area (Å²) in [7, 11) is 0. The Morgan fingerprint density at radius 3 is 2.67 bits per heavy atom. The smallest absolute Gasteiger partial charge is 0.251 e. The highest BCUT2D eigenvalue weighted by Crippen LogP contribution is 2.27. The molecule has 7 nitrogen and oxygen atoms in total. The van der Waals surface area contributed by atoms with Gasteiger partial charge in [0.25, 0.3) is 5.91 Å². The lowest BCUT2D eigenvalue weighted by molar-refractivity contribution is -0.117. The zero-order valence-corrected chi connectivity index (χ0v) is 21.4. The first-order chi connectivity index (χ1) is 17.5. The van der Waals surface area contributed by atoms with Gasteiger partial charge in [-0.2, -0.15) is 11.3 Å². The van der Waals surface area contributed by atoms with E-state index >= 15 is 0 Å². The molecule has 1 fully saturated rings. The molecule has 0 saturated carbocycles. The van der Waals surface area contributed by atoms with Crippen molar-refractivity contribution in [3.05, 3.63) is 82.0 Å². The Kier molecular flexibility index (Phi) is 9.11. The number of nitrogens with zero attached hydrogens (tertiary/aromatic N) is 1. The van der Waals surface area contributed by atoms with Crippen LogP contribution in [-0.4, -0.2) is 48.7 Å². The quantitative estimate of drug-likeness (QED) is 0.300. The second kappa shape index (κ2) is 12.7. The van der Waals surface area contributed by atoms with Gasteiger partial charge in [0.1, 0.15) is 0 Å². The Morgan fingerprint density at radius 1 is 1.14 bits per heavy atom. The van der Waals surface area contributed by atoms with E-state index in [4.69, 9.17) is 0 Å². The second-order valence-corrected chi connectivity index (χ2v) is 9.83. The molecular weight excluding hydrogens is 472 g/mol. The van der Waals surface area contributed by atoms with Crippen molar-refractivity contribution in [2.75, 3.05) is 29.9 Å². The summed E-state index contributed by atoms with van der Waals surface area (Å²) in [5.41, 5.74) is 4.17. The predicted octanol–water partition coefficient (Wildman–Crippen LogP) is 3.80. The van der Waals surface area contributed by atoms with Gasteiger partial charge in [-0.15, -0.1) is 0 Å². The summed E-state index contributed by atoms with van der Waals surface area (Å²) in [6.45, 7) is 4.34. The van der Waals surface area contributed by atoms with Crippen LogP contribution in [0.3, 0.4) is 0 Å². The molecule has 36 heavy (non-hydrogen) atoms. The van der Waals surface area contributed by atoms with Crippen molar-refractivity contribution in [2.45, 2.75) is 44.9 Å². The third-order valence-corrected chi connectivity index (χ3v) is 7.02. The Balaban J connectivity index is 1.51. The first-order valence-electron chi connectivity index (χ1n) is 12.5. The molecule has 3 aromatic rings. The van der Waals surface area contributed by atoms with Crippen molar-refractivity contribution in [3.8, 4) is 0 Å². The average molecular weight is 507 g/mol. The van der Waals surface area contributed by atoms with Gasteiger partial charge in [-0.1, -0.05) is 30.3 Å². The van der Waals surface area contributed by atoms with Crippen molar-refractivity contribution in [2.24, 2.45) is 0 Å². The van der Waals surface area contributed by atoms with Gasteiger partial charge in [0.05, 0.1) is 12.1 Å². The molecule has 0 aliphatic carbocycles. The van der Waals surface area contributed by atoms with Crippen LogP contribution >= 0.6 is 11.3 Å². The number of carbonyl (C=O) groups excluding carboxylic acids is 2. The fourth-order valence-electron chi connectivity index (χ4n) is 4.43. The molecular formula is C28H34N4O3S. The van der Waals surface area contributed by atoms with Crippen LogP contribution in [0.25, 0.3) is 0 Å². The van der Waals surface area contributed by atoms with Gasteiger partial charge >= 0.3 is 0 Å². The fourth-order valence-corrected chi connectivity index (χ4v) is 5.10. The maximum atomic E-state index is 13.4. The first kappa shape index (κ1) is 25.9. The molecule has 0 unspecified atom stereocenters. The van der Waals surface area contributed by atoms with Crippen molar-refractivity contribution < 1.29 is 14.7 Å². The molecule has 1 aromatic heterocycles. The molecule has 4 rings (SSSR count). The zero-order valence-electron chi connectivity index (χ0n) is 20.6. The highest BCUT2D eigenvalue weighted by atomic mass is 32.1. The SMILES string of the molecule is CCNc1cc(C(=O)N[C@@H](Cc2ccccc2)[C@H](O)CNCc2ccsc2)cc(N2CCCC2=O)c1. The van der Waals surface area contributed by atoms with E-state index in [0.29, 0.717) is 44.6 Å². The summed E-state index contributed by atoms with van der Waals surface area (Å²) in [6.07, 6.45) is 1.05. The number of nitrogens with one attached hydrogen (secondary N) is 3. The van der Waals surface area contributed by atoms with Crippen LogP contribution in [0.2, 0.25) is 0 Å². The maximum Gasteiger partial charge on any atom is 0.251 e. The van der Waals surface area contributed by atoms with Crippen LogP contribution in [0.4, 0.5) is 11.4 Å². The van der Waals surface area contributed by atoms with Crippen LogP contribution < -0.4 is 20.9 Å². The van der Waals surface area contributed by atoms with E-state index in [9.17, 15) is 14.7 Å². The minimum atomic E-state index is -0.788. The second-order valence-electron chi connectivity index (χ2n) is 9.05. The van der Waals surface area contributed by atoms with E-state index in [1.54, 1.807) is 28.4 Å². The van der Waals surface area contributed by atoms with Gasteiger partial charge in [0.2, 0.25) is 5.91 Å². The molecule has 190 valence electrons. The lowest BCUT2D eigenvalue weighted by Crippen LogP contribution is -2.48. The highest BCUT2D eigenvalue weighted by molar-refractivity contribution is 7.07. The summed E-state index contributed by atoms with van der Waals surface area (Å²) < 4.78 is 0. The third-order valence-electron chi connectivity index (χ3n) is 6.29. The molecule has 0 bridgehead atoms. The number of benzene rings is 2. The number of hydrogen-bond acceptors (Lipinski definition) is 6. The summed E-state index contributed by atoms with van der Waals surface area (Å²) >= 11 is 1.64. The molecule has 4 N–H and O–H groups in total. The van der Waals surface area contributed by atoms with E-state index < -0.39 is 12.1 Å². The number of rotatable bonds is 12. The van der Waals surface area contributed by atoms with E-state index in [-0.39, 0.29) is 11.8 Å². The van der Waals surface area contributed by atoms with Crippen molar-refractivity contribution in [1.82, 2.24) is 10.6 Å². The van der Waals surface area contributed by atoms with Crippen LogP contribution in [0.15, 0.2) is 65.4 Å². The third kappa shape index (κ3) is 6.94. The van der Waals surface area contributed by atoms with Gasteiger partial charge in [0, 0.05) is 49.5 Å².